The highest BCUT2D eigenvalue weighted by Gasteiger charge is 2.36. The summed E-state index contributed by atoms with van der Waals surface area (Å²) in [6.45, 7) is 4.74. The summed E-state index contributed by atoms with van der Waals surface area (Å²) >= 11 is 12.9. The summed E-state index contributed by atoms with van der Waals surface area (Å²) < 4.78 is 35.2. The van der Waals surface area contributed by atoms with Gasteiger partial charge in [0.2, 0.25) is 11.8 Å². The van der Waals surface area contributed by atoms with E-state index in [-0.39, 0.29) is 40.9 Å². The fourth-order valence-electron chi connectivity index (χ4n) is 5.23. The van der Waals surface area contributed by atoms with Crippen molar-refractivity contribution in [1.82, 2.24) is 10.2 Å². The minimum atomic E-state index is -4.70. The maximum absolute atomic E-state index is 14.7. The van der Waals surface area contributed by atoms with E-state index in [2.05, 4.69) is 5.32 Å². The average molecular weight is 742 g/mol. The topological polar surface area (TPSA) is 139 Å². The molecule has 0 saturated heterocycles. The lowest BCUT2D eigenvalue weighted by Gasteiger charge is -2.34. The molecule has 0 aromatic heterocycles. The number of benzene rings is 4. The molecule has 0 fully saturated rings. The second-order valence-corrected chi connectivity index (χ2v) is 14.7. The van der Waals surface area contributed by atoms with E-state index < -0.39 is 49.9 Å². The van der Waals surface area contributed by atoms with Crippen LogP contribution in [0.25, 0.3) is 0 Å². The van der Waals surface area contributed by atoms with Crippen LogP contribution in [0.3, 0.4) is 0 Å². The number of nitro groups is 1. The van der Waals surface area contributed by atoms with Gasteiger partial charge in [-0.1, -0.05) is 91.6 Å². The van der Waals surface area contributed by atoms with Gasteiger partial charge in [0.25, 0.3) is 15.7 Å². The Balaban J connectivity index is 1.90. The van der Waals surface area contributed by atoms with Crippen molar-refractivity contribution in [2.24, 2.45) is 5.92 Å². The number of methoxy groups -OCH3 is 1. The zero-order valence-corrected chi connectivity index (χ0v) is 30.3. The van der Waals surface area contributed by atoms with Crippen LogP contribution in [0.15, 0.2) is 95.9 Å². The third-order valence-electron chi connectivity index (χ3n) is 7.91. The Bertz CT molecular complexity index is 1960. The number of hydrogen-bond donors (Lipinski definition) is 1. The molecule has 0 spiro atoms. The second-order valence-electron chi connectivity index (χ2n) is 12.0. The Morgan fingerprint density at radius 1 is 0.960 bits per heavy atom. The number of rotatable bonds is 15. The van der Waals surface area contributed by atoms with Gasteiger partial charge in [0.15, 0.2) is 0 Å². The summed E-state index contributed by atoms with van der Waals surface area (Å²) in [5.41, 5.74) is 1.04. The first-order valence-electron chi connectivity index (χ1n) is 15.7. The maximum atomic E-state index is 14.7. The fraction of sp³-hybridized carbons (Fsp3) is 0.278. The van der Waals surface area contributed by atoms with Crippen molar-refractivity contribution in [1.29, 1.82) is 0 Å². The minimum absolute atomic E-state index is 0.0700. The molecule has 2 amide bonds. The summed E-state index contributed by atoms with van der Waals surface area (Å²) in [4.78, 5) is 40.7. The number of nitrogens with zero attached hydrogens (tertiary/aromatic N) is 3. The highest BCUT2D eigenvalue weighted by atomic mass is 35.5. The van der Waals surface area contributed by atoms with Crippen molar-refractivity contribution in [3.05, 3.63) is 128 Å². The molecular formula is C36H38Cl2N4O7S. The van der Waals surface area contributed by atoms with Crippen LogP contribution in [-0.4, -0.2) is 56.3 Å². The molecule has 0 heterocycles. The van der Waals surface area contributed by atoms with Gasteiger partial charge in [0.1, 0.15) is 18.3 Å². The first-order valence-corrected chi connectivity index (χ1v) is 17.9. The lowest BCUT2D eigenvalue weighted by molar-refractivity contribution is -0.385. The van der Waals surface area contributed by atoms with E-state index in [1.54, 1.807) is 24.3 Å². The molecule has 14 heteroatoms. The molecule has 1 atom stereocenters. The quantitative estimate of drug-likeness (QED) is 0.104. The van der Waals surface area contributed by atoms with Gasteiger partial charge < -0.3 is 15.0 Å². The van der Waals surface area contributed by atoms with E-state index in [1.807, 2.05) is 44.2 Å². The van der Waals surface area contributed by atoms with Gasteiger partial charge in [-0.3, -0.25) is 24.0 Å². The lowest BCUT2D eigenvalue weighted by Crippen LogP contribution is -2.53. The number of halogens is 2. The Morgan fingerprint density at radius 3 is 2.28 bits per heavy atom. The van der Waals surface area contributed by atoms with Crippen LogP contribution < -0.4 is 14.4 Å². The van der Waals surface area contributed by atoms with E-state index in [0.717, 1.165) is 15.9 Å². The number of carbonyl (C=O) groups excluding carboxylic acids is 2. The molecule has 0 aliphatic heterocycles. The molecule has 0 bridgehead atoms. The molecule has 264 valence electrons. The molecule has 0 radical (unpaired) electrons. The number of nitrogens with one attached hydrogen (secondary N) is 1. The average Bonchev–Trinajstić information content (AvgIpc) is 3.08. The van der Waals surface area contributed by atoms with Gasteiger partial charge in [-0.15, -0.1) is 0 Å². The first-order chi connectivity index (χ1) is 23.7. The van der Waals surface area contributed by atoms with Crippen LogP contribution in [-0.2, 0) is 32.6 Å². The number of aryl methyl sites for hydroxylation is 1. The Hall–Kier alpha value is -4.65. The molecule has 1 unspecified atom stereocenters. The molecular weight excluding hydrogens is 703 g/mol. The second kappa shape index (κ2) is 16.8. The van der Waals surface area contributed by atoms with Crippen molar-refractivity contribution in [3.63, 3.8) is 0 Å². The molecule has 0 saturated carbocycles. The number of ether oxygens (including phenoxy) is 1. The molecule has 4 aromatic rings. The first kappa shape index (κ1) is 38.2. The van der Waals surface area contributed by atoms with Crippen LogP contribution in [0.5, 0.6) is 5.75 Å². The third-order valence-corrected chi connectivity index (χ3v) is 10.3. The smallest absolute Gasteiger partial charge is 0.273 e. The van der Waals surface area contributed by atoms with Gasteiger partial charge in [-0.05, 0) is 54.3 Å². The SMILES string of the molecule is COc1ccc(Cl)cc1N(CC(=O)N(Cc1ccccc1Cl)C(Cc1ccccc1)C(=O)NCC(C)C)S(=O)(=O)c1ccc(C)c([N+](=O)[O-])c1. The van der Waals surface area contributed by atoms with Crippen molar-refractivity contribution >= 4 is 56.4 Å². The Morgan fingerprint density at radius 2 is 1.64 bits per heavy atom. The van der Waals surface area contributed by atoms with Gasteiger partial charge in [-0.2, -0.15) is 0 Å². The van der Waals surface area contributed by atoms with E-state index in [4.69, 9.17) is 27.9 Å². The van der Waals surface area contributed by atoms with Crippen molar-refractivity contribution < 1.29 is 27.7 Å². The lowest BCUT2D eigenvalue weighted by atomic mass is 10.0. The molecule has 0 aliphatic rings. The molecule has 50 heavy (non-hydrogen) atoms. The third kappa shape index (κ3) is 9.32. The highest BCUT2D eigenvalue weighted by Crippen LogP contribution is 2.36. The van der Waals surface area contributed by atoms with Crippen molar-refractivity contribution in [2.45, 2.75) is 44.7 Å². The summed E-state index contributed by atoms with van der Waals surface area (Å²) in [7, 11) is -3.37. The van der Waals surface area contributed by atoms with Crippen LogP contribution in [0, 0.1) is 23.0 Å². The molecule has 4 aromatic carbocycles. The zero-order valence-electron chi connectivity index (χ0n) is 28.0. The summed E-state index contributed by atoms with van der Waals surface area (Å²) in [6, 6.07) is 22.6. The van der Waals surface area contributed by atoms with E-state index in [0.29, 0.717) is 17.1 Å². The number of carbonyl (C=O) groups is 2. The summed E-state index contributed by atoms with van der Waals surface area (Å²) in [6.07, 6.45) is 0.109. The predicted octanol–water partition coefficient (Wildman–Crippen LogP) is 6.83. The van der Waals surface area contributed by atoms with Crippen LogP contribution in [0.2, 0.25) is 10.0 Å². The van der Waals surface area contributed by atoms with Gasteiger partial charge in [-0.25, -0.2) is 8.42 Å². The maximum Gasteiger partial charge on any atom is 0.273 e. The van der Waals surface area contributed by atoms with Crippen LogP contribution >= 0.6 is 23.2 Å². The van der Waals surface area contributed by atoms with E-state index in [9.17, 15) is 28.1 Å². The van der Waals surface area contributed by atoms with E-state index >= 15 is 0 Å². The summed E-state index contributed by atoms with van der Waals surface area (Å²) in [5.74, 6) is -1.01. The van der Waals surface area contributed by atoms with Crippen LogP contribution in [0.1, 0.15) is 30.5 Å². The molecule has 11 nitrogen and oxygen atoms in total. The standard InChI is InChI=1S/C36H38Cl2N4O7S/c1-24(2)21-39-36(44)33(18-26-10-6-5-7-11-26)40(22-27-12-8-9-13-30(27)38)35(43)23-41(32-19-28(37)15-17-34(32)49-4)50(47,48)29-16-14-25(3)31(20-29)42(45)46/h5-17,19-20,24,33H,18,21-23H2,1-4H3,(H,39,44). The molecule has 4 rings (SSSR count). The Kier molecular flexibility index (Phi) is 12.9. The molecule has 0 aliphatic carbocycles. The van der Waals surface area contributed by atoms with E-state index in [1.165, 1.54) is 49.3 Å². The largest absolute Gasteiger partial charge is 0.495 e. The highest BCUT2D eigenvalue weighted by molar-refractivity contribution is 7.92. The zero-order chi connectivity index (χ0) is 36.6. The van der Waals surface area contributed by atoms with Gasteiger partial charge >= 0.3 is 0 Å². The number of sulfonamides is 1. The van der Waals surface area contributed by atoms with Gasteiger partial charge in [0, 0.05) is 41.2 Å². The number of amides is 2. The number of anilines is 1. The monoisotopic (exact) mass is 740 g/mol. The van der Waals surface area contributed by atoms with Crippen LogP contribution in [0.4, 0.5) is 11.4 Å². The number of nitro benzene ring substituents is 1. The van der Waals surface area contributed by atoms with Crippen molar-refractivity contribution in [3.8, 4) is 5.75 Å². The van der Waals surface area contributed by atoms with Crippen molar-refractivity contribution in [2.75, 3.05) is 24.5 Å². The Labute approximate surface area is 302 Å². The fourth-order valence-corrected chi connectivity index (χ4v) is 7.03. The molecule has 1 N–H and O–H groups in total. The predicted molar refractivity (Wildman–Crippen MR) is 194 cm³/mol. The minimum Gasteiger partial charge on any atom is -0.495 e. The normalized spacial score (nSPS) is 11.9. The van der Waals surface area contributed by atoms with Gasteiger partial charge in [0.05, 0.1) is 22.6 Å². The summed E-state index contributed by atoms with van der Waals surface area (Å²) in [5, 5.41) is 15.2. The number of hydrogen-bond acceptors (Lipinski definition) is 7.